The number of aryl methyl sites for hydroxylation is 1. The van der Waals surface area contributed by atoms with E-state index in [4.69, 9.17) is 11.6 Å². The minimum atomic E-state index is 0.305. The summed E-state index contributed by atoms with van der Waals surface area (Å²) in [5.41, 5.74) is 2.71. The molecule has 1 aromatic carbocycles. The van der Waals surface area contributed by atoms with Gasteiger partial charge in [-0.15, -0.1) is 11.6 Å². The molecular weight excluding hydrogens is 204 g/mol. The average molecular weight is 223 g/mol. The van der Waals surface area contributed by atoms with Gasteiger partial charge in [-0.3, -0.25) is 0 Å². The number of hydrogen-bond donors (Lipinski definition) is 0. The van der Waals surface area contributed by atoms with E-state index in [1.807, 2.05) is 0 Å². The van der Waals surface area contributed by atoms with Crippen molar-refractivity contribution in [3.05, 3.63) is 35.4 Å². The molecule has 0 radical (unpaired) electrons. The van der Waals surface area contributed by atoms with E-state index in [1.165, 1.54) is 24.0 Å². The fraction of sp³-hybridized carbons (Fsp3) is 0.571. The minimum absolute atomic E-state index is 0.305. The molecule has 2 unspecified atom stereocenters. The van der Waals surface area contributed by atoms with E-state index in [9.17, 15) is 0 Å². The summed E-state index contributed by atoms with van der Waals surface area (Å²) >= 11 is 6.45. The van der Waals surface area contributed by atoms with Gasteiger partial charge in [0.25, 0.3) is 0 Å². The number of hydrogen-bond acceptors (Lipinski definition) is 0. The van der Waals surface area contributed by atoms with Gasteiger partial charge in [-0.1, -0.05) is 36.8 Å². The lowest BCUT2D eigenvalue weighted by molar-refractivity contribution is 0.478. The zero-order valence-electron chi connectivity index (χ0n) is 9.54. The van der Waals surface area contributed by atoms with E-state index in [-0.39, 0.29) is 0 Å². The van der Waals surface area contributed by atoms with Gasteiger partial charge in [0, 0.05) is 5.38 Å². The molecule has 1 aliphatic carbocycles. The SMILES string of the molecule is Cc1cccc(CC(Cl)C(C)C2CC2)c1. The van der Waals surface area contributed by atoms with Gasteiger partial charge in [0.15, 0.2) is 0 Å². The largest absolute Gasteiger partial charge is 0.122 e. The molecule has 0 saturated heterocycles. The monoisotopic (exact) mass is 222 g/mol. The van der Waals surface area contributed by atoms with Gasteiger partial charge >= 0.3 is 0 Å². The second-order valence-electron chi connectivity index (χ2n) is 4.91. The molecule has 0 spiro atoms. The van der Waals surface area contributed by atoms with Crippen LogP contribution in [0.25, 0.3) is 0 Å². The molecular formula is C14H19Cl. The second-order valence-corrected chi connectivity index (χ2v) is 5.47. The average Bonchev–Trinajstić information content (AvgIpc) is 2.99. The van der Waals surface area contributed by atoms with E-state index >= 15 is 0 Å². The van der Waals surface area contributed by atoms with Gasteiger partial charge in [0.1, 0.15) is 0 Å². The quantitative estimate of drug-likeness (QED) is 0.671. The van der Waals surface area contributed by atoms with Crippen molar-refractivity contribution in [3.8, 4) is 0 Å². The zero-order valence-corrected chi connectivity index (χ0v) is 10.3. The lowest BCUT2D eigenvalue weighted by Crippen LogP contribution is -2.16. The van der Waals surface area contributed by atoms with Crippen molar-refractivity contribution in [1.29, 1.82) is 0 Å². The van der Waals surface area contributed by atoms with Crippen molar-refractivity contribution in [2.75, 3.05) is 0 Å². The summed E-state index contributed by atoms with van der Waals surface area (Å²) in [4.78, 5) is 0. The number of rotatable bonds is 4. The lowest BCUT2D eigenvalue weighted by Gasteiger charge is -2.17. The van der Waals surface area contributed by atoms with Crippen molar-refractivity contribution < 1.29 is 0 Å². The summed E-state index contributed by atoms with van der Waals surface area (Å²) in [6, 6.07) is 8.68. The Morgan fingerprint density at radius 2 is 2.13 bits per heavy atom. The van der Waals surface area contributed by atoms with E-state index in [1.54, 1.807) is 0 Å². The molecule has 82 valence electrons. The standard InChI is InChI=1S/C14H19Cl/c1-10-4-3-5-12(8-10)9-14(15)11(2)13-6-7-13/h3-5,8,11,13-14H,6-7,9H2,1-2H3. The van der Waals surface area contributed by atoms with Gasteiger partial charge < -0.3 is 0 Å². The van der Waals surface area contributed by atoms with Gasteiger partial charge in [0.2, 0.25) is 0 Å². The normalized spacial score (nSPS) is 19.9. The molecule has 0 aliphatic heterocycles. The summed E-state index contributed by atoms with van der Waals surface area (Å²) in [6.07, 6.45) is 3.79. The predicted octanol–water partition coefficient (Wildman–Crippen LogP) is 4.19. The maximum absolute atomic E-state index is 6.45. The molecule has 15 heavy (non-hydrogen) atoms. The molecule has 1 aromatic rings. The highest BCUT2D eigenvalue weighted by atomic mass is 35.5. The molecule has 0 nitrogen and oxygen atoms in total. The molecule has 0 heterocycles. The smallest absolute Gasteiger partial charge is 0.0404 e. The molecule has 2 rings (SSSR count). The van der Waals surface area contributed by atoms with E-state index in [2.05, 4.69) is 38.1 Å². The molecule has 2 atom stereocenters. The Labute approximate surface area is 97.6 Å². The third kappa shape index (κ3) is 2.98. The zero-order chi connectivity index (χ0) is 10.8. The predicted molar refractivity (Wildman–Crippen MR) is 66.4 cm³/mol. The van der Waals surface area contributed by atoms with Crippen LogP contribution in [0, 0.1) is 18.8 Å². The van der Waals surface area contributed by atoms with Gasteiger partial charge in [0.05, 0.1) is 0 Å². The highest BCUT2D eigenvalue weighted by Gasteiger charge is 2.32. The van der Waals surface area contributed by atoms with Crippen LogP contribution in [0.15, 0.2) is 24.3 Å². The molecule has 0 aromatic heterocycles. The van der Waals surface area contributed by atoms with Gasteiger partial charge in [-0.25, -0.2) is 0 Å². The van der Waals surface area contributed by atoms with E-state index < -0.39 is 0 Å². The van der Waals surface area contributed by atoms with Crippen molar-refractivity contribution in [1.82, 2.24) is 0 Å². The maximum atomic E-state index is 6.45. The number of halogens is 1. The Hall–Kier alpha value is -0.490. The lowest BCUT2D eigenvalue weighted by atomic mass is 9.96. The van der Waals surface area contributed by atoms with Crippen LogP contribution < -0.4 is 0 Å². The highest BCUT2D eigenvalue weighted by molar-refractivity contribution is 6.20. The maximum Gasteiger partial charge on any atom is 0.0404 e. The summed E-state index contributed by atoms with van der Waals surface area (Å²) in [5, 5.41) is 0.305. The first kappa shape index (κ1) is 11.0. The molecule has 0 N–H and O–H groups in total. The molecule has 0 amide bonds. The Kier molecular flexibility index (Phi) is 3.35. The highest BCUT2D eigenvalue weighted by Crippen LogP contribution is 2.40. The van der Waals surface area contributed by atoms with Gasteiger partial charge in [-0.2, -0.15) is 0 Å². The van der Waals surface area contributed by atoms with Crippen LogP contribution >= 0.6 is 11.6 Å². The van der Waals surface area contributed by atoms with Gasteiger partial charge in [-0.05, 0) is 43.6 Å². The van der Waals surface area contributed by atoms with Crippen LogP contribution in [0.2, 0.25) is 0 Å². The Morgan fingerprint density at radius 3 is 2.73 bits per heavy atom. The summed E-state index contributed by atoms with van der Waals surface area (Å²) in [5.74, 6) is 1.57. The topological polar surface area (TPSA) is 0 Å². The van der Waals surface area contributed by atoms with Crippen molar-refractivity contribution in [3.63, 3.8) is 0 Å². The number of benzene rings is 1. The van der Waals surface area contributed by atoms with Crippen LogP contribution in [-0.4, -0.2) is 5.38 Å². The fourth-order valence-corrected chi connectivity index (χ4v) is 2.55. The Balaban J connectivity index is 1.95. The van der Waals surface area contributed by atoms with Crippen LogP contribution in [-0.2, 0) is 6.42 Å². The second kappa shape index (κ2) is 4.57. The van der Waals surface area contributed by atoms with Crippen LogP contribution in [0.3, 0.4) is 0 Å². The first-order valence-corrected chi connectivity index (χ1v) is 6.30. The van der Waals surface area contributed by atoms with Crippen molar-refractivity contribution in [2.45, 2.75) is 38.5 Å². The minimum Gasteiger partial charge on any atom is -0.122 e. The van der Waals surface area contributed by atoms with Crippen LogP contribution in [0.5, 0.6) is 0 Å². The number of alkyl halides is 1. The third-order valence-electron chi connectivity index (χ3n) is 3.45. The first-order chi connectivity index (χ1) is 7.16. The Bertz CT molecular complexity index is 328. The van der Waals surface area contributed by atoms with Crippen molar-refractivity contribution >= 4 is 11.6 Å². The fourth-order valence-electron chi connectivity index (χ4n) is 2.17. The van der Waals surface area contributed by atoms with E-state index in [0.717, 1.165) is 12.3 Å². The summed E-state index contributed by atoms with van der Waals surface area (Å²) in [7, 11) is 0. The molecule has 1 fully saturated rings. The van der Waals surface area contributed by atoms with E-state index in [0.29, 0.717) is 11.3 Å². The van der Waals surface area contributed by atoms with Crippen LogP contribution in [0.1, 0.15) is 30.9 Å². The first-order valence-electron chi connectivity index (χ1n) is 5.86. The van der Waals surface area contributed by atoms with Crippen LogP contribution in [0.4, 0.5) is 0 Å². The molecule has 1 aliphatic rings. The summed E-state index contributed by atoms with van der Waals surface area (Å²) in [6.45, 7) is 4.43. The molecule has 0 bridgehead atoms. The third-order valence-corrected chi connectivity index (χ3v) is 4.00. The molecule has 1 heteroatoms. The summed E-state index contributed by atoms with van der Waals surface area (Å²) < 4.78 is 0. The Morgan fingerprint density at radius 1 is 1.40 bits per heavy atom. The molecule has 1 saturated carbocycles. The van der Waals surface area contributed by atoms with Crippen molar-refractivity contribution in [2.24, 2.45) is 11.8 Å².